The summed E-state index contributed by atoms with van der Waals surface area (Å²) >= 11 is 0. The van der Waals surface area contributed by atoms with Crippen LogP contribution < -0.4 is 10.9 Å². The van der Waals surface area contributed by atoms with Gasteiger partial charge in [0.25, 0.3) is 5.56 Å². The van der Waals surface area contributed by atoms with E-state index >= 15 is 0 Å². The number of nitrogens with one attached hydrogen (secondary N) is 2. The number of hydrogen-bond acceptors (Lipinski definition) is 5. The summed E-state index contributed by atoms with van der Waals surface area (Å²) in [5.41, 5.74) is 1.00. The molecule has 0 bridgehead atoms. The lowest BCUT2D eigenvalue weighted by Crippen LogP contribution is -2.27. The fraction of sp³-hybridized carbons (Fsp3) is 0.111. The first kappa shape index (κ1) is 15.8. The van der Waals surface area contributed by atoms with Gasteiger partial charge in [-0.15, -0.1) is 0 Å². The Bertz CT molecular complexity index is 1120. The fourth-order valence-electron chi connectivity index (χ4n) is 2.70. The summed E-state index contributed by atoms with van der Waals surface area (Å²) < 4.78 is 6.96. The number of rotatable bonds is 5. The van der Waals surface area contributed by atoms with Crippen LogP contribution in [0.25, 0.3) is 22.3 Å². The third-order valence-corrected chi connectivity index (χ3v) is 3.96. The number of H-pyrrole nitrogens is 1. The molecule has 2 N–H and O–H groups in total. The maximum atomic E-state index is 12.2. The van der Waals surface area contributed by atoms with Crippen LogP contribution in [-0.2, 0) is 17.9 Å². The van der Waals surface area contributed by atoms with Crippen LogP contribution in [0, 0.1) is 0 Å². The predicted molar refractivity (Wildman–Crippen MR) is 94.1 cm³/mol. The molecule has 3 heterocycles. The summed E-state index contributed by atoms with van der Waals surface area (Å²) in [6, 6.07) is 13.1. The highest BCUT2D eigenvalue weighted by molar-refractivity contribution is 5.83. The Morgan fingerprint density at radius 3 is 2.96 bits per heavy atom. The van der Waals surface area contributed by atoms with Crippen molar-refractivity contribution in [2.45, 2.75) is 13.1 Å². The molecule has 0 aliphatic carbocycles. The number of aromatic nitrogens is 4. The molecule has 0 unspecified atom stereocenters. The summed E-state index contributed by atoms with van der Waals surface area (Å²) in [5.74, 6) is 0.241. The molecule has 0 spiro atoms. The Kier molecular flexibility index (Phi) is 4.06. The molecule has 0 saturated heterocycles. The second kappa shape index (κ2) is 6.67. The molecule has 0 saturated carbocycles. The number of amides is 1. The standard InChI is InChI=1S/C18H15N5O3/c24-15(11-23-9-7-12-4-1-2-6-14(12)23)20-10-16-21-17(22-26-16)13-5-3-8-19-18(13)25/h1-9H,10-11H2,(H,19,25)(H,20,24). The van der Waals surface area contributed by atoms with Crippen molar-refractivity contribution >= 4 is 16.8 Å². The number of nitrogens with zero attached hydrogens (tertiary/aromatic N) is 3. The highest BCUT2D eigenvalue weighted by atomic mass is 16.5. The molecule has 130 valence electrons. The molecule has 0 atom stereocenters. The van der Waals surface area contributed by atoms with E-state index in [4.69, 9.17) is 4.52 Å². The first-order valence-electron chi connectivity index (χ1n) is 8.02. The van der Waals surface area contributed by atoms with Crippen molar-refractivity contribution < 1.29 is 9.32 Å². The molecular weight excluding hydrogens is 334 g/mol. The molecule has 0 radical (unpaired) electrons. The zero-order valence-corrected chi connectivity index (χ0v) is 13.7. The molecule has 0 aliphatic heterocycles. The molecule has 26 heavy (non-hydrogen) atoms. The minimum absolute atomic E-state index is 0.0930. The average Bonchev–Trinajstić information content (AvgIpc) is 3.28. The topological polar surface area (TPSA) is 106 Å². The second-order valence-corrected chi connectivity index (χ2v) is 5.70. The summed E-state index contributed by atoms with van der Waals surface area (Å²) in [5, 5.41) is 7.60. The molecule has 0 fully saturated rings. The van der Waals surface area contributed by atoms with Crippen molar-refractivity contribution in [3.8, 4) is 11.4 Å². The van der Waals surface area contributed by atoms with E-state index in [2.05, 4.69) is 20.4 Å². The van der Waals surface area contributed by atoms with E-state index in [9.17, 15) is 9.59 Å². The zero-order chi connectivity index (χ0) is 17.9. The predicted octanol–water partition coefficient (Wildman–Crippen LogP) is 1.70. The quantitative estimate of drug-likeness (QED) is 0.570. The van der Waals surface area contributed by atoms with Crippen LogP contribution in [0.5, 0.6) is 0 Å². The van der Waals surface area contributed by atoms with E-state index in [1.165, 1.54) is 6.20 Å². The van der Waals surface area contributed by atoms with E-state index in [1.54, 1.807) is 12.1 Å². The third kappa shape index (κ3) is 3.12. The molecule has 1 amide bonds. The average molecular weight is 349 g/mol. The van der Waals surface area contributed by atoms with E-state index in [1.807, 2.05) is 41.1 Å². The molecular formula is C18H15N5O3. The summed E-state index contributed by atoms with van der Waals surface area (Å²) in [6.45, 7) is 0.280. The lowest BCUT2D eigenvalue weighted by molar-refractivity contribution is -0.121. The van der Waals surface area contributed by atoms with Crippen molar-refractivity contribution in [2.24, 2.45) is 0 Å². The van der Waals surface area contributed by atoms with Crippen molar-refractivity contribution in [3.63, 3.8) is 0 Å². The van der Waals surface area contributed by atoms with Gasteiger partial charge in [-0.3, -0.25) is 9.59 Å². The van der Waals surface area contributed by atoms with E-state index < -0.39 is 0 Å². The van der Waals surface area contributed by atoms with Gasteiger partial charge in [0.15, 0.2) is 0 Å². The SMILES string of the molecule is O=C(Cn1ccc2ccccc21)NCc1nc(-c2ccc[nH]c2=O)no1. The van der Waals surface area contributed by atoms with Gasteiger partial charge in [-0.25, -0.2) is 0 Å². The summed E-state index contributed by atoms with van der Waals surface area (Å²) in [4.78, 5) is 30.6. The minimum Gasteiger partial charge on any atom is -0.345 e. The largest absolute Gasteiger partial charge is 0.345 e. The van der Waals surface area contributed by atoms with E-state index in [-0.39, 0.29) is 36.3 Å². The van der Waals surface area contributed by atoms with Crippen LogP contribution in [0.4, 0.5) is 0 Å². The van der Waals surface area contributed by atoms with Crippen LogP contribution in [0.3, 0.4) is 0 Å². The Balaban J connectivity index is 1.41. The molecule has 1 aromatic carbocycles. The Morgan fingerprint density at radius 1 is 1.19 bits per heavy atom. The Morgan fingerprint density at radius 2 is 2.08 bits per heavy atom. The third-order valence-electron chi connectivity index (χ3n) is 3.96. The van der Waals surface area contributed by atoms with Gasteiger partial charge in [-0.1, -0.05) is 23.4 Å². The maximum Gasteiger partial charge on any atom is 0.259 e. The van der Waals surface area contributed by atoms with Crippen LogP contribution in [0.15, 0.2) is 64.2 Å². The monoisotopic (exact) mass is 349 g/mol. The smallest absolute Gasteiger partial charge is 0.259 e. The molecule has 4 rings (SSSR count). The summed E-state index contributed by atoms with van der Waals surface area (Å²) in [6.07, 6.45) is 3.40. The molecule has 8 nitrogen and oxygen atoms in total. The number of para-hydroxylation sites is 1. The van der Waals surface area contributed by atoms with Crippen molar-refractivity contribution in [1.29, 1.82) is 0 Å². The van der Waals surface area contributed by atoms with Crippen LogP contribution >= 0.6 is 0 Å². The molecule has 8 heteroatoms. The normalized spacial score (nSPS) is 10.9. The maximum absolute atomic E-state index is 12.2. The number of fused-ring (bicyclic) bond motifs is 1. The number of carbonyl (C=O) groups excluding carboxylic acids is 1. The summed E-state index contributed by atoms with van der Waals surface area (Å²) in [7, 11) is 0. The Labute approximate surface area is 147 Å². The fourth-order valence-corrected chi connectivity index (χ4v) is 2.70. The highest BCUT2D eigenvalue weighted by Gasteiger charge is 2.12. The number of aromatic amines is 1. The van der Waals surface area contributed by atoms with Crippen LogP contribution in [-0.4, -0.2) is 25.6 Å². The van der Waals surface area contributed by atoms with Gasteiger partial charge in [0.05, 0.1) is 12.1 Å². The first-order chi connectivity index (χ1) is 12.7. The first-order valence-corrected chi connectivity index (χ1v) is 8.02. The highest BCUT2D eigenvalue weighted by Crippen LogP contribution is 2.14. The lowest BCUT2D eigenvalue weighted by Gasteiger charge is -2.05. The van der Waals surface area contributed by atoms with Crippen molar-refractivity contribution in [2.75, 3.05) is 0 Å². The van der Waals surface area contributed by atoms with Gasteiger partial charge < -0.3 is 19.4 Å². The number of carbonyl (C=O) groups is 1. The van der Waals surface area contributed by atoms with Crippen molar-refractivity contribution in [3.05, 3.63) is 71.1 Å². The van der Waals surface area contributed by atoms with E-state index in [0.717, 1.165) is 10.9 Å². The lowest BCUT2D eigenvalue weighted by atomic mass is 10.2. The van der Waals surface area contributed by atoms with Gasteiger partial charge in [0.2, 0.25) is 17.6 Å². The van der Waals surface area contributed by atoms with Gasteiger partial charge in [0, 0.05) is 17.9 Å². The van der Waals surface area contributed by atoms with Crippen LogP contribution in [0.1, 0.15) is 5.89 Å². The number of hydrogen-bond donors (Lipinski definition) is 2. The molecule has 4 aromatic rings. The van der Waals surface area contributed by atoms with Crippen molar-refractivity contribution in [1.82, 2.24) is 25.0 Å². The van der Waals surface area contributed by atoms with Gasteiger partial charge >= 0.3 is 0 Å². The number of pyridine rings is 1. The van der Waals surface area contributed by atoms with Gasteiger partial charge in [-0.05, 0) is 29.7 Å². The van der Waals surface area contributed by atoms with Gasteiger partial charge in [-0.2, -0.15) is 4.98 Å². The number of benzene rings is 1. The van der Waals surface area contributed by atoms with Crippen LogP contribution in [0.2, 0.25) is 0 Å². The Hall–Kier alpha value is -3.68. The zero-order valence-electron chi connectivity index (χ0n) is 13.7. The van der Waals surface area contributed by atoms with E-state index in [0.29, 0.717) is 5.56 Å². The molecule has 0 aliphatic rings. The second-order valence-electron chi connectivity index (χ2n) is 5.70. The molecule has 3 aromatic heterocycles. The van der Waals surface area contributed by atoms with Gasteiger partial charge in [0.1, 0.15) is 6.54 Å². The minimum atomic E-state index is -0.302.